The largest absolute Gasteiger partial charge is 0.408 e. The lowest BCUT2D eigenvalue weighted by Crippen LogP contribution is -2.54. The van der Waals surface area contributed by atoms with Crippen molar-refractivity contribution < 1.29 is 14.3 Å². The lowest BCUT2D eigenvalue weighted by atomic mass is 9.82. The molecule has 0 saturated carbocycles. The number of aliphatic hydroxyl groups is 1. The van der Waals surface area contributed by atoms with Crippen molar-refractivity contribution in [1.82, 2.24) is 0 Å². The molecule has 4 atom stereocenters. The highest BCUT2D eigenvalue weighted by atomic mass is 28.4. The van der Waals surface area contributed by atoms with Gasteiger partial charge in [0.2, 0.25) is 0 Å². The predicted molar refractivity (Wildman–Crippen MR) is 80.2 cm³/mol. The molecule has 0 amide bonds. The number of hydrogen-bond acceptors (Lipinski definition) is 3. The Morgan fingerprint density at radius 1 is 1.39 bits per heavy atom. The van der Waals surface area contributed by atoms with Crippen LogP contribution in [0.15, 0.2) is 0 Å². The second-order valence-corrected chi connectivity index (χ2v) is 12.0. The highest BCUT2D eigenvalue weighted by Crippen LogP contribution is 2.42. The summed E-state index contributed by atoms with van der Waals surface area (Å²) >= 11 is 0. The monoisotopic (exact) mass is 272 g/mol. The van der Waals surface area contributed by atoms with E-state index in [2.05, 4.69) is 40.8 Å². The van der Waals surface area contributed by atoms with Crippen molar-refractivity contribution in [3.8, 4) is 0 Å². The van der Waals surface area contributed by atoms with Crippen molar-refractivity contribution in [2.45, 2.75) is 83.0 Å². The molecule has 0 bridgehead atoms. The van der Waals surface area contributed by atoms with Crippen LogP contribution >= 0.6 is 0 Å². The van der Waals surface area contributed by atoms with Gasteiger partial charge in [0.05, 0.1) is 12.1 Å². The van der Waals surface area contributed by atoms with Gasteiger partial charge < -0.3 is 14.3 Å². The summed E-state index contributed by atoms with van der Waals surface area (Å²) in [6.45, 7) is 15.0. The van der Waals surface area contributed by atoms with E-state index in [-0.39, 0.29) is 23.2 Å². The Hall–Kier alpha value is 0.162. The summed E-state index contributed by atoms with van der Waals surface area (Å²) < 4.78 is 12.3. The lowest BCUT2D eigenvalue weighted by Gasteiger charge is -2.42. The molecule has 1 aliphatic rings. The van der Waals surface area contributed by atoms with Crippen LogP contribution in [-0.4, -0.2) is 45.1 Å². The Bertz CT molecular complexity index is 299. The summed E-state index contributed by atoms with van der Waals surface area (Å²) in [7, 11) is 0.0418. The van der Waals surface area contributed by atoms with Crippen molar-refractivity contribution >= 4 is 16.2 Å². The number of rotatable bonds is 3. The van der Waals surface area contributed by atoms with Gasteiger partial charge in [-0.3, -0.25) is 0 Å². The fourth-order valence-electron chi connectivity index (χ4n) is 2.08. The summed E-state index contributed by atoms with van der Waals surface area (Å²) in [4.78, 5) is 0. The van der Waals surface area contributed by atoms with Crippen molar-refractivity contribution in [1.29, 1.82) is 0 Å². The Balaban J connectivity index is 2.94. The van der Waals surface area contributed by atoms with Crippen LogP contribution in [0.4, 0.5) is 0 Å². The van der Waals surface area contributed by atoms with Gasteiger partial charge in [0.25, 0.3) is 0 Å². The molecule has 0 aromatic heterocycles. The molecule has 18 heavy (non-hydrogen) atoms. The van der Waals surface area contributed by atoms with E-state index in [1.165, 1.54) is 0 Å². The number of hydrogen-bond donors (Lipinski definition) is 1. The summed E-state index contributed by atoms with van der Waals surface area (Å²) in [6, 6.07) is -0.169. The van der Waals surface area contributed by atoms with Gasteiger partial charge in [-0.05, 0) is 31.5 Å². The Morgan fingerprint density at radius 2 is 1.89 bits per heavy atom. The smallest absolute Gasteiger partial charge is 0.192 e. The van der Waals surface area contributed by atoms with E-state index in [0.717, 1.165) is 6.42 Å². The van der Waals surface area contributed by atoms with Crippen LogP contribution in [0.5, 0.6) is 0 Å². The van der Waals surface area contributed by atoms with Gasteiger partial charge in [-0.25, -0.2) is 0 Å². The summed E-state index contributed by atoms with van der Waals surface area (Å²) in [6.07, 6.45) is 0.669. The van der Waals surface area contributed by atoms with Crippen LogP contribution < -0.4 is 0 Å². The SMILES string of the molecule is B[C@@H]1O[C@H](CC)[C@H](O[Si](C)(C)C(C)(C)C)C1(C)O. The zero-order valence-electron chi connectivity index (χ0n) is 13.2. The van der Waals surface area contributed by atoms with Gasteiger partial charge in [-0.2, -0.15) is 0 Å². The first kappa shape index (κ1) is 16.2. The molecular formula is C13H29BO3Si. The van der Waals surface area contributed by atoms with Crippen molar-refractivity contribution in [2.24, 2.45) is 0 Å². The van der Waals surface area contributed by atoms with Crippen LogP contribution in [0.2, 0.25) is 18.1 Å². The molecule has 1 saturated heterocycles. The molecule has 0 spiro atoms. The minimum Gasteiger partial charge on any atom is -0.408 e. The fraction of sp³-hybridized carbons (Fsp3) is 1.00. The molecule has 1 rings (SSSR count). The van der Waals surface area contributed by atoms with Gasteiger partial charge >= 0.3 is 0 Å². The average Bonchev–Trinajstić information content (AvgIpc) is 2.39. The molecule has 0 aliphatic carbocycles. The molecule has 0 aromatic rings. The maximum atomic E-state index is 10.6. The van der Waals surface area contributed by atoms with E-state index in [1.54, 1.807) is 0 Å². The molecule has 106 valence electrons. The first-order chi connectivity index (χ1) is 7.93. The Labute approximate surface area is 114 Å². The molecule has 5 heteroatoms. The molecule has 1 N–H and O–H groups in total. The molecule has 0 radical (unpaired) electrons. The summed E-state index contributed by atoms with van der Waals surface area (Å²) in [5.41, 5.74) is -0.893. The lowest BCUT2D eigenvalue weighted by molar-refractivity contribution is -0.0361. The van der Waals surface area contributed by atoms with Crippen LogP contribution in [-0.2, 0) is 9.16 Å². The molecule has 1 unspecified atom stereocenters. The zero-order valence-corrected chi connectivity index (χ0v) is 14.2. The normalized spacial score (nSPS) is 38.1. The molecule has 1 fully saturated rings. The van der Waals surface area contributed by atoms with E-state index in [1.807, 2.05) is 14.8 Å². The van der Waals surface area contributed by atoms with Gasteiger partial charge in [0.1, 0.15) is 19.6 Å². The summed E-state index contributed by atoms with van der Waals surface area (Å²) in [5.74, 6) is 0. The van der Waals surface area contributed by atoms with Crippen LogP contribution in [0.1, 0.15) is 41.0 Å². The molecule has 3 nitrogen and oxygen atoms in total. The maximum Gasteiger partial charge on any atom is 0.192 e. The van der Waals surface area contributed by atoms with Crippen molar-refractivity contribution in [2.75, 3.05) is 0 Å². The quantitative estimate of drug-likeness (QED) is 0.797. The molecule has 0 aromatic carbocycles. The van der Waals surface area contributed by atoms with E-state index in [0.29, 0.717) is 0 Å². The van der Waals surface area contributed by atoms with E-state index in [9.17, 15) is 5.11 Å². The van der Waals surface area contributed by atoms with Gasteiger partial charge in [0.15, 0.2) is 8.32 Å². The van der Waals surface area contributed by atoms with Crippen LogP contribution in [0, 0.1) is 0 Å². The van der Waals surface area contributed by atoms with Crippen LogP contribution in [0.3, 0.4) is 0 Å². The highest BCUT2D eigenvalue weighted by Gasteiger charge is 2.53. The Kier molecular flexibility index (Phi) is 4.44. The Morgan fingerprint density at radius 3 is 2.28 bits per heavy atom. The molecule has 1 heterocycles. The third-order valence-electron chi connectivity index (χ3n) is 4.75. The summed E-state index contributed by atoms with van der Waals surface area (Å²) in [5, 5.41) is 10.8. The van der Waals surface area contributed by atoms with Crippen molar-refractivity contribution in [3.63, 3.8) is 0 Å². The third-order valence-corrected chi connectivity index (χ3v) is 9.20. The molecule has 1 aliphatic heterocycles. The average molecular weight is 272 g/mol. The van der Waals surface area contributed by atoms with E-state index >= 15 is 0 Å². The fourth-order valence-corrected chi connectivity index (χ4v) is 3.46. The predicted octanol–water partition coefficient (Wildman–Crippen LogP) is 1.90. The van der Waals surface area contributed by atoms with Gasteiger partial charge in [-0.1, -0.05) is 27.7 Å². The first-order valence-electron chi connectivity index (χ1n) is 6.99. The van der Waals surface area contributed by atoms with E-state index in [4.69, 9.17) is 9.16 Å². The second-order valence-electron chi connectivity index (χ2n) is 7.25. The van der Waals surface area contributed by atoms with Crippen molar-refractivity contribution in [3.05, 3.63) is 0 Å². The minimum absolute atomic E-state index is 0.00382. The van der Waals surface area contributed by atoms with E-state index < -0.39 is 13.9 Å². The second kappa shape index (κ2) is 4.93. The molecular weight excluding hydrogens is 243 g/mol. The minimum atomic E-state index is -1.89. The third kappa shape index (κ3) is 2.84. The van der Waals surface area contributed by atoms with Gasteiger partial charge in [-0.15, -0.1) is 0 Å². The standard InChI is InChI=1S/C13H29BO3Si/c1-8-9-10(13(5,15)11(14)16-9)17-18(6,7)12(2,3)4/h9-11,15H,8,14H2,1-7H3/t9-,10+,11-,13?/m1/s1. The topological polar surface area (TPSA) is 38.7 Å². The first-order valence-corrected chi connectivity index (χ1v) is 9.90. The highest BCUT2D eigenvalue weighted by molar-refractivity contribution is 6.74. The maximum absolute atomic E-state index is 10.6. The zero-order chi connectivity index (χ0) is 14.4. The van der Waals surface area contributed by atoms with Crippen LogP contribution in [0.25, 0.3) is 0 Å². The van der Waals surface area contributed by atoms with Gasteiger partial charge in [0, 0.05) is 0 Å². The number of ether oxygens (including phenoxy) is 1.